The van der Waals surface area contributed by atoms with Gasteiger partial charge in [0.2, 0.25) is 10.0 Å². The molecule has 0 aromatic heterocycles. The summed E-state index contributed by atoms with van der Waals surface area (Å²) in [6.45, 7) is 2.60. The fourth-order valence-electron chi connectivity index (χ4n) is 6.39. The minimum Gasteiger partial charge on any atom is -0.387 e. The van der Waals surface area contributed by atoms with Crippen molar-refractivity contribution in [1.82, 2.24) is 26.6 Å². The lowest BCUT2D eigenvalue weighted by molar-refractivity contribution is -0.719. The Morgan fingerprint density at radius 1 is 1.26 bits per heavy atom. The smallest absolute Gasteiger partial charge is 0.221 e. The molecule has 0 aromatic carbocycles. The second kappa shape index (κ2) is 10.3. The molecular formula is C20H42N8O4S2+2. The van der Waals surface area contributed by atoms with Gasteiger partial charge in [0.15, 0.2) is 0 Å². The van der Waals surface area contributed by atoms with Gasteiger partial charge in [0, 0.05) is 37.2 Å². The average Bonchev–Trinajstić information content (AvgIpc) is 3.54. The monoisotopic (exact) mass is 522 g/mol. The van der Waals surface area contributed by atoms with Crippen molar-refractivity contribution >= 4 is 21.8 Å². The van der Waals surface area contributed by atoms with E-state index in [4.69, 9.17) is 9.88 Å². The molecule has 0 bridgehead atoms. The Hall–Kier alpha value is -0.100. The maximum absolute atomic E-state index is 11.6. The molecule has 5 rings (SSSR count). The summed E-state index contributed by atoms with van der Waals surface area (Å²) >= 11 is 1.43. The van der Waals surface area contributed by atoms with Crippen LogP contribution in [-0.2, 0) is 14.8 Å². The van der Waals surface area contributed by atoms with Crippen LogP contribution in [0.4, 0.5) is 0 Å². The zero-order chi connectivity index (χ0) is 23.9. The van der Waals surface area contributed by atoms with E-state index in [0.29, 0.717) is 44.2 Å². The molecule has 34 heavy (non-hydrogen) atoms. The van der Waals surface area contributed by atoms with Crippen LogP contribution in [0.2, 0.25) is 0 Å². The third-order valence-electron chi connectivity index (χ3n) is 8.22. The lowest BCUT2D eigenvalue weighted by Crippen LogP contribution is -2.95. The number of thioether (sulfide) groups is 1. The van der Waals surface area contributed by atoms with Crippen LogP contribution in [0.3, 0.4) is 0 Å². The molecule has 14 heteroatoms. The van der Waals surface area contributed by atoms with Crippen molar-refractivity contribution in [2.24, 2.45) is 11.1 Å². The maximum Gasteiger partial charge on any atom is 0.221 e. The molecule has 4 aliphatic heterocycles. The first-order valence-corrected chi connectivity index (χ1v) is 15.2. The molecule has 4 heterocycles. The first kappa shape index (κ1) is 25.5. The number of rotatable bonds is 8. The van der Waals surface area contributed by atoms with Gasteiger partial charge in [-0.25, -0.2) is 13.6 Å². The molecule has 0 amide bonds. The van der Waals surface area contributed by atoms with Crippen LogP contribution in [0, 0.1) is 5.92 Å². The normalized spacial score (nSPS) is 47.0. The van der Waals surface area contributed by atoms with E-state index in [2.05, 4.69) is 37.6 Å². The number of fused-ring (bicyclic) bond motifs is 2. The van der Waals surface area contributed by atoms with Crippen LogP contribution >= 0.6 is 11.8 Å². The summed E-state index contributed by atoms with van der Waals surface area (Å²) in [5.41, 5.74) is 3.28. The van der Waals surface area contributed by atoms with E-state index in [1.54, 1.807) is 0 Å². The quantitative estimate of drug-likeness (QED) is 0.149. The fourth-order valence-corrected chi connectivity index (χ4v) is 9.11. The van der Waals surface area contributed by atoms with Crippen LogP contribution in [0.25, 0.3) is 0 Å². The van der Waals surface area contributed by atoms with Crippen LogP contribution in [-0.4, -0.2) is 92.1 Å². The van der Waals surface area contributed by atoms with Crippen LogP contribution in [0.15, 0.2) is 0 Å². The van der Waals surface area contributed by atoms with Crippen molar-refractivity contribution in [2.75, 3.05) is 26.4 Å². The van der Waals surface area contributed by atoms with Crippen molar-refractivity contribution in [3.63, 3.8) is 0 Å². The molecule has 0 radical (unpaired) electrons. The highest BCUT2D eigenvalue weighted by atomic mass is 32.3. The Morgan fingerprint density at radius 2 is 2.12 bits per heavy atom. The highest BCUT2D eigenvalue weighted by Crippen LogP contribution is 2.37. The average molecular weight is 523 g/mol. The lowest BCUT2D eigenvalue weighted by Gasteiger charge is -2.43. The number of nitrogens with one attached hydrogen (secondary N) is 5. The van der Waals surface area contributed by atoms with Crippen LogP contribution in [0.5, 0.6) is 0 Å². The SMILES string of the molecule is NS(=O)(=O)C1CCC(CNC2NC3NCNC3C(OC[C@]3(O)CC[C@H]4[NH2+][C@H](C[NH3+])C[C@H]4C3)N2)S1. The molecule has 12 nitrogen and oxygen atoms in total. The molecule has 10 atom stereocenters. The summed E-state index contributed by atoms with van der Waals surface area (Å²) in [5.74, 6) is 0.536. The molecule has 5 aliphatic rings. The van der Waals surface area contributed by atoms with Gasteiger partial charge in [-0.05, 0) is 25.7 Å². The Balaban J connectivity index is 1.13. The summed E-state index contributed by atoms with van der Waals surface area (Å²) in [7, 11) is -3.50. The Morgan fingerprint density at radius 3 is 2.88 bits per heavy atom. The van der Waals surface area contributed by atoms with E-state index in [-0.39, 0.29) is 30.0 Å². The summed E-state index contributed by atoms with van der Waals surface area (Å²) in [6, 6.07) is 1.25. The van der Waals surface area contributed by atoms with Gasteiger partial charge in [-0.1, -0.05) is 0 Å². The second-order valence-electron chi connectivity index (χ2n) is 10.7. The lowest BCUT2D eigenvalue weighted by atomic mass is 9.75. The first-order valence-electron chi connectivity index (χ1n) is 12.6. The van der Waals surface area contributed by atoms with Gasteiger partial charge in [-0.15, -0.1) is 11.8 Å². The van der Waals surface area contributed by atoms with E-state index in [0.717, 1.165) is 38.6 Å². The number of aliphatic hydroxyl groups is 1. The van der Waals surface area contributed by atoms with Gasteiger partial charge < -0.3 is 20.9 Å². The van der Waals surface area contributed by atoms with Crippen LogP contribution in [0.1, 0.15) is 38.5 Å². The minimum absolute atomic E-state index is 0.0322. The number of hydrogen-bond donors (Lipinski definition) is 9. The zero-order valence-corrected chi connectivity index (χ0v) is 21.3. The maximum atomic E-state index is 11.6. The summed E-state index contributed by atoms with van der Waals surface area (Å²) in [5, 5.41) is 36.6. The van der Waals surface area contributed by atoms with Gasteiger partial charge in [0.05, 0.1) is 30.5 Å². The highest BCUT2D eigenvalue weighted by Gasteiger charge is 2.48. The number of primary sulfonamides is 1. The molecule has 13 N–H and O–H groups in total. The zero-order valence-electron chi connectivity index (χ0n) is 19.6. The van der Waals surface area contributed by atoms with E-state index in [1.165, 1.54) is 11.8 Å². The van der Waals surface area contributed by atoms with E-state index in [1.807, 2.05) is 0 Å². The molecule has 1 saturated carbocycles. The van der Waals surface area contributed by atoms with Crippen molar-refractivity contribution < 1.29 is 29.3 Å². The molecule has 4 saturated heterocycles. The number of ether oxygens (including phenoxy) is 1. The number of sulfonamides is 1. The first-order chi connectivity index (χ1) is 16.2. The Kier molecular flexibility index (Phi) is 7.77. The van der Waals surface area contributed by atoms with Gasteiger partial charge >= 0.3 is 0 Å². The highest BCUT2D eigenvalue weighted by molar-refractivity contribution is 8.13. The van der Waals surface area contributed by atoms with E-state index in [9.17, 15) is 13.5 Å². The predicted octanol–water partition coefficient (Wildman–Crippen LogP) is -4.77. The van der Waals surface area contributed by atoms with Gasteiger partial charge in [0.1, 0.15) is 29.7 Å². The van der Waals surface area contributed by atoms with E-state index >= 15 is 0 Å². The fraction of sp³-hybridized carbons (Fsp3) is 1.00. The molecule has 5 fully saturated rings. The molecular weight excluding hydrogens is 480 g/mol. The molecule has 6 unspecified atom stereocenters. The number of nitrogens with two attached hydrogens (primary N) is 2. The Labute approximate surface area is 205 Å². The predicted molar refractivity (Wildman–Crippen MR) is 128 cm³/mol. The summed E-state index contributed by atoms with van der Waals surface area (Å²) in [4.78, 5) is 0. The van der Waals surface area contributed by atoms with Gasteiger partial charge in [-0.2, -0.15) is 0 Å². The van der Waals surface area contributed by atoms with Gasteiger partial charge in [-0.3, -0.25) is 26.6 Å². The molecule has 0 spiro atoms. The van der Waals surface area contributed by atoms with E-state index < -0.39 is 20.2 Å². The number of hydrogen-bond acceptors (Lipinski definition) is 10. The third kappa shape index (κ3) is 5.73. The van der Waals surface area contributed by atoms with Crippen molar-refractivity contribution in [3.05, 3.63) is 0 Å². The Bertz CT molecular complexity index is 824. The molecule has 196 valence electrons. The van der Waals surface area contributed by atoms with Crippen molar-refractivity contribution in [2.45, 2.75) is 90.8 Å². The van der Waals surface area contributed by atoms with Gasteiger partial charge in [0.25, 0.3) is 0 Å². The topological polar surface area (TPSA) is 194 Å². The minimum atomic E-state index is -3.50. The molecule has 0 aromatic rings. The second-order valence-corrected chi connectivity index (χ2v) is 14.3. The van der Waals surface area contributed by atoms with Crippen molar-refractivity contribution in [3.8, 4) is 0 Å². The largest absolute Gasteiger partial charge is 0.387 e. The summed E-state index contributed by atoms with van der Waals surface area (Å²) < 4.78 is 29.1. The van der Waals surface area contributed by atoms with Crippen LogP contribution < -0.4 is 42.8 Å². The third-order valence-corrected chi connectivity index (χ3v) is 11.7. The molecule has 1 aliphatic carbocycles. The number of quaternary nitrogens is 2. The van der Waals surface area contributed by atoms with Crippen molar-refractivity contribution in [1.29, 1.82) is 0 Å². The standard InChI is InChI=1S/C20H40N8O4S2/c21-7-12-5-11-6-20(29,4-3-14(11)26-12)9-32-18-16-17(25-10-24-16)27-19(28-18)23-8-13-1-2-15(33-13)34(22,30)31/h11-19,23-29H,1-10,21H2,(H2,22,30,31)/p+2/t11-,12-,13?,14+,15?,16?,17?,18?,19?,20-/m0/s1. The summed E-state index contributed by atoms with van der Waals surface area (Å²) in [6.07, 6.45) is 4.70.